The van der Waals surface area contributed by atoms with Gasteiger partial charge in [-0.3, -0.25) is 4.79 Å². The molecule has 0 bridgehead atoms. The van der Waals surface area contributed by atoms with Crippen LogP contribution < -0.4 is 4.74 Å². The van der Waals surface area contributed by atoms with E-state index in [1.54, 1.807) is 17.0 Å². The van der Waals surface area contributed by atoms with Crippen LogP contribution in [0.4, 0.5) is 0 Å². The zero-order valence-electron chi connectivity index (χ0n) is 12.6. The van der Waals surface area contributed by atoms with Crippen molar-refractivity contribution >= 4 is 17.5 Å². The number of nitrogens with zero attached hydrogens (tertiary/aromatic N) is 1. The van der Waals surface area contributed by atoms with Crippen LogP contribution in [0.1, 0.15) is 22.3 Å². The number of para-hydroxylation sites is 1. The molecular formula is C18H18ClNO3. The van der Waals surface area contributed by atoms with Gasteiger partial charge in [-0.1, -0.05) is 41.9 Å². The SMILES string of the molecule is O=C(c1ccccc1OCc1ccccc1Cl)N1CC[C@H](O)C1. The molecule has 1 N–H and O–H groups in total. The Hall–Kier alpha value is -2.04. The third-order valence-electron chi connectivity index (χ3n) is 3.91. The Morgan fingerprint density at radius 2 is 1.96 bits per heavy atom. The number of aliphatic hydroxyl groups excluding tert-OH is 1. The highest BCUT2D eigenvalue weighted by molar-refractivity contribution is 6.31. The second-order valence-corrected chi connectivity index (χ2v) is 5.98. The standard InChI is InChI=1S/C18H18ClNO3/c19-16-7-3-1-5-13(16)12-23-17-8-4-2-6-15(17)18(22)20-10-9-14(21)11-20/h1-8,14,21H,9-12H2/t14-/m0/s1. The molecule has 1 aliphatic heterocycles. The molecule has 1 aliphatic rings. The number of hydrogen-bond donors (Lipinski definition) is 1. The van der Waals surface area contributed by atoms with E-state index in [0.717, 1.165) is 5.56 Å². The van der Waals surface area contributed by atoms with E-state index < -0.39 is 6.10 Å². The maximum absolute atomic E-state index is 12.6. The third-order valence-corrected chi connectivity index (χ3v) is 4.28. The highest BCUT2D eigenvalue weighted by atomic mass is 35.5. The van der Waals surface area contributed by atoms with Gasteiger partial charge in [0.1, 0.15) is 12.4 Å². The molecule has 1 fully saturated rings. The van der Waals surface area contributed by atoms with Gasteiger partial charge in [0.2, 0.25) is 0 Å². The van der Waals surface area contributed by atoms with Crippen molar-refractivity contribution in [3.05, 3.63) is 64.7 Å². The lowest BCUT2D eigenvalue weighted by Crippen LogP contribution is -2.29. The highest BCUT2D eigenvalue weighted by Crippen LogP contribution is 2.24. The molecule has 0 saturated carbocycles. The van der Waals surface area contributed by atoms with Gasteiger partial charge in [0, 0.05) is 23.7 Å². The third kappa shape index (κ3) is 3.66. The molecule has 0 radical (unpaired) electrons. The summed E-state index contributed by atoms with van der Waals surface area (Å²) in [4.78, 5) is 14.3. The summed E-state index contributed by atoms with van der Waals surface area (Å²) >= 11 is 6.13. The van der Waals surface area contributed by atoms with Crippen molar-refractivity contribution in [3.8, 4) is 5.75 Å². The van der Waals surface area contributed by atoms with E-state index >= 15 is 0 Å². The van der Waals surface area contributed by atoms with E-state index in [-0.39, 0.29) is 5.91 Å². The Bertz CT molecular complexity index is 704. The first-order chi connectivity index (χ1) is 11.1. The monoisotopic (exact) mass is 331 g/mol. The summed E-state index contributed by atoms with van der Waals surface area (Å²) in [7, 11) is 0. The zero-order chi connectivity index (χ0) is 16.2. The molecular weight excluding hydrogens is 314 g/mol. The van der Waals surface area contributed by atoms with Crippen LogP contribution >= 0.6 is 11.6 Å². The number of aliphatic hydroxyl groups is 1. The van der Waals surface area contributed by atoms with E-state index in [1.165, 1.54) is 0 Å². The van der Waals surface area contributed by atoms with Crippen molar-refractivity contribution in [2.75, 3.05) is 13.1 Å². The first-order valence-corrected chi connectivity index (χ1v) is 7.95. The van der Waals surface area contributed by atoms with E-state index in [9.17, 15) is 9.90 Å². The minimum absolute atomic E-state index is 0.115. The van der Waals surface area contributed by atoms with Gasteiger partial charge in [0.15, 0.2) is 0 Å². The lowest BCUT2D eigenvalue weighted by atomic mass is 10.1. The Labute approximate surface area is 140 Å². The Kier molecular flexibility index (Phi) is 4.84. The van der Waals surface area contributed by atoms with Crippen LogP contribution in [-0.2, 0) is 6.61 Å². The molecule has 1 heterocycles. The lowest BCUT2D eigenvalue weighted by Gasteiger charge is -2.18. The largest absolute Gasteiger partial charge is 0.488 e. The average Bonchev–Trinajstić information content (AvgIpc) is 3.00. The number of halogens is 1. The minimum atomic E-state index is -0.435. The normalized spacial score (nSPS) is 17.3. The Morgan fingerprint density at radius 3 is 2.70 bits per heavy atom. The number of benzene rings is 2. The van der Waals surface area contributed by atoms with Crippen LogP contribution in [-0.4, -0.2) is 35.1 Å². The molecule has 0 aromatic heterocycles. The van der Waals surface area contributed by atoms with Gasteiger partial charge in [-0.25, -0.2) is 0 Å². The summed E-state index contributed by atoms with van der Waals surface area (Å²) in [6, 6.07) is 14.6. The van der Waals surface area contributed by atoms with Crippen LogP contribution in [0.2, 0.25) is 5.02 Å². The average molecular weight is 332 g/mol. The fraction of sp³-hybridized carbons (Fsp3) is 0.278. The fourth-order valence-corrected chi connectivity index (χ4v) is 2.83. The number of carbonyl (C=O) groups excluding carboxylic acids is 1. The highest BCUT2D eigenvalue weighted by Gasteiger charge is 2.27. The first kappa shape index (κ1) is 15.8. The first-order valence-electron chi connectivity index (χ1n) is 7.57. The summed E-state index contributed by atoms with van der Waals surface area (Å²) in [5.74, 6) is 0.412. The Balaban J connectivity index is 1.75. The smallest absolute Gasteiger partial charge is 0.257 e. The molecule has 5 heteroatoms. The number of β-amino-alcohol motifs (C(OH)–C–C–N with tert-alkyl or cyclic N) is 1. The summed E-state index contributed by atoms with van der Waals surface area (Å²) in [5, 5.41) is 10.2. The van der Waals surface area contributed by atoms with Crippen LogP contribution in [0.3, 0.4) is 0 Å². The molecule has 0 unspecified atom stereocenters. The molecule has 0 aliphatic carbocycles. The quantitative estimate of drug-likeness (QED) is 0.936. The zero-order valence-corrected chi connectivity index (χ0v) is 13.4. The number of carbonyl (C=O) groups is 1. The number of rotatable bonds is 4. The summed E-state index contributed by atoms with van der Waals surface area (Å²) in [6.07, 6.45) is 0.184. The molecule has 4 nitrogen and oxygen atoms in total. The molecule has 2 aromatic carbocycles. The molecule has 1 amide bonds. The van der Waals surface area contributed by atoms with Crippen LogP contribution in [0.25, 0.3) is 0 Å². The molecule has 1 saturated heterocycles. The van der Waals surface area contributed by atoms with Gasteiger partial charge in [-0.15, -0.1) is 0 Å². The van der Waals surface area contributed by atoms with Gasteiger partial charge in [-0.05, 0) is 24.6 Å². The summed E-state index contributed by atoms with van der Waals surface area (Å²) < 4.78 is 5.82. The van der Waals surface area contributed by atoms with Crippen LogP contribution in [0.15, 0.2) is 48.5 Å². The van der Waals surface area contributed by atoms with Crippen molar-refractivity contribution in [2.45, 2.75) is 19.1 Å². The number of ether oxygens (including phenoxy) is 1. The van der Waals surface area contributed by atoms with Crippen LogP contribution in [0, 0.1) is 0 Å². The topological polar surface area (TPSA) is 49.8 Å². The summed E-state index contributed by atoms with van der Waals surface area (Å²) in [5.41, 5.74) is 1.38. The van der Waals surface area contributed by atoms with Crippen LogP contribution in [0.5, 0.6) is 5.75 Å². The number of likely N-dealkylation sites (tertiary alicyclic amines) is 1. The van der Waals surface area contributed by atoms with E-state index in [4.69, 9.17) is 16.3 Å². The van der Waals surface area contributed by atoms with Gasteiger partial charge in [0.25, 0.3) is 5.91 Å². The van der Waals surface area contributed by atoms with Crippen molar-refractivity contribution in [3.63, 3.8) is 0 Å². The predicted molar refractivity (Wildman–Crippen MR) is 88.8 cm³/mol. The van der Waals surface area contributed by atoms with E-state index in [1.807, 2.05) is 36.4 Å². The fourth-order valence-electron chi connectivity index (χ4n) is 2.64. The van der Waals surface area contributed by atoms with Crippen molar-refractivity contribution in [2.24, 2.45) is 0 Å². The molecule has 3 rings (SSSR count). The number of amides is 1. The molecule has 0 spiro atoms. The summed E-state index contributed by atoms with van der Waals surface area (Å²) in [6.45, 7) is 1.24. The van der Waals surface area contributed by atoms with Gasteiger partial charge < -0.3 is 14.7 Å². The lowest BCUT2D eigenvalue weighted by molar-refractivity contribution is 0.0760. The predicted octanol–water partition coefficient (Wildman–Crippen LogP) is 3.13. The van der Waals surface area contributed by atoms with E-state index in [0.29, 0.717) is 42.5 Å². The maximum atomic E-state index is 12.6. The molecule has 2 aromatic rings. The molecule has 120 valence electrons. The van der Waals surface area contributed by atoms with Crippen molar-refractivity contribution in [1.82, 2.24) is 4.90 Å². The van der Waals surface area contributed by atoms with Crippen molar-refractivity contribution in [1.29, 1.82) is 0 Å². The molecule has 23 heavy (non-hydrogen) atoms. The minimum Gasteiger partial charge on any atom is -0.488 e. The van der Waals surface area contributed by atoms with Gasteiger partial charge in [-0.2, -0.15) is 0 Å². The molecule has 1 atom stereocenters. The van der Waals surface area contributed by atoms with Gasteiger partial charge in [0.05, 0.1) is 11.7 Å². The Morgan fingerprint density at radius 1 is 1.22 bits per heavy atom. The second kappa shape index (κ2) is 7.02. The maximum Gasteiger partial charge on any atom is 0.257 e. The van der Waals surface area contributed by atoms with E-state index in [2.05, 4.69) is 0 Å². The number of hydrogen-bond acceptors (Lipinski definition) is 3. The van der Waals surface area contributed by atoms with Crippen molar-refractivity contribution < 1.29 is 14.6 Å². The second-order valence-electron chi connectivity index (χ2n) is 5.57. The van der Waals surface area contributed by atoms with Gasteiger partial charge >= 0.3 is 0 Å².